The predicted octanol–water partition coefficient (Wildman–Crippen LogP) is 1.89. The Balaban J connectivity index is 2.19. The molecule has 1 nitrogen and oxygen atoms in total. The van der Waals surface area contributed by atoms with Crippen LogP contribution in [-0.2, 0) is 0 Å². The van der Waals surface area contributed by atoms with Crippen LogP contribution in [0.1, 0.15) is 17.9 Å². The van der Waals surface area contributed by atoms with Crippen LogP contribution >= 0.6 is 0 Å². The molecule has 0 spiro atoms. The van der Waals surface area contributed by atoms with Crippen LogP contribution in [0.25, 0.3) is 0 Å². The minimum absolute atomic E-state index is 0.0848. The van der Waals surface area contributed by atoms with Crippen LogP contribution in [0, 0.1) is 11.7 Å². The minimum Gasteiger partial charge on any atom is -0.330 e. The van der Waals surface area contributed by atoms with Crippen LogP contribution in [-0.4, -0.2) is 6.54 Å². The van der Waals surface area contributed by atoms with Gasteiger partial charge in [0.05, 0.1) is 0 Å². The van der Waals surface area contributed by atoms with Crippen LogP contribution in [0.4, 0.5) is 4.39 Å². The van der Waals surface area contributed by atoms with Gasteiger partial charge in [-0.15, -0.1) is 0 Å². The highest BCUT2D eigenvalue weighted by Crippen LogP contribution is 2.47. The number of halogens is 1. The van der Waals surface area contributed by atoms with E-state index in [4.69, 9.17) is 5.73 Å². The van der Waals surface area contributed by atoms with Crippen molar-refractivity contribution in [3.8, 4) is 0 Å². The molecule has 1 aromatic carbocycles. The van der Waals surface area contributed by atoms with E-state index in [2.05, 4.69) is 0 Å². The Morgan fingerprint density at radius 2 is 2.17 bits per heavy atom. The number of benzene rings is 1. The SMILES string of the molecule is NC[C@@H]1CC1c1ccccc1F. The average Bonchev–Trinajstić information content (AvgIpc) is 2.84. The van der Waals surface area contributed by atoms with Crippen molar-refractivity contribution in [3.63, 3.8) is 0 Å². The Kier molecular flexibility index (Phi) is 1.85. The van der Waals surface area contributed by atoms with Gasteiger partial charge in [-0.05, 0) is 36.4 Å². The second-order valence-corrected chi connectivity index (χ2v) is 3.36. The smallest absolute Gasteiger partial charge is 0.126 e. The van der Waals surface area contributed by atoms with E-state index in [1.807, 2.05) is 12.1 Å². The summed E-state index contributed by atoms with van der Waals surface area (Å²) in [6, 6.07) is 6.97. The number of hydrogen-bond donors (Lipinski definition) is 1. The maximum absolute atomic E-state index is 13.1. The lowest BCUT2D eigenvalue weighted by molar-refractivity contribution is 0.606. The van der Waals surface area contributed by atoms with Crippen LogP contribution in [0.15, 0.2) is 24.3 Å². The lowest BCUT2D eigenvalue weighted by atomic mass is 10.1. The highest BCUT2D eigenvalue weighted by Gasteiger charge is 2.38. The molecule has 1 saturated carbocycles. The van der Waals surface area contributed by atoms with E-state index in [1.54, 1.807) is 6.07 Å². The van der Waals surface area contributed by atoms with E-state index in [0.717, 1.165) is 12.0 Å². The molecule has 64 valence electrons. The summed E-state index contributed by atoms with van der Waals surface area (Å²) >= 11 is 0. The summed E-state index contributed by atoms with van der Waals surface area (Å²) in [7, 11) is 0. The summed E-state index contributed by atoms with van der Waals surface area (Å²) in [6.07, 6.45) is 1.05. The van der Waals surface area contributed by atoms with Crippen molar-refractivity contribution >= 4 is 0 Å². The normalized spacial score (nSPS) is 27.2. The monoisotopic (exact) mass is 165 g/mol. The molecule has 0 bridgehead atoms. The molecule has 1 aliphatic rings. The Morgan fingerprint density at radius 1 is 1.42 bits per heavy atom. The highest BCUT2D eigenvalue weighted by molar-refractivity contribution is 5.27. The van der Waals surface area contributed by atoms with Crippen molar-refractivity contribution in [2.75, 3.05) is 6.54 Å². The first kappa shape index (κ1) is 7.74. The van der Waals surface area contributed by atoms with Crippen molar-refractivity contribution in [2.24, 2.45) is 11.7 Å². The fourth-order valence-corrected chi connectivity index (χ4v) is 1.66. The Hall–Kier alpha value is -0.890. The van der Waals surface area contributed by atoms with Gasteiger partial charge in [-0.25, -0.2) is 4.39 Å². The average molecular weight is 165 g/mol. The third kappa shape index (κ3) is 1.23. The standard InChI is InChI=1S/C10H12FN/c11-10-4-2-1-3-8(10)9-5-7(9)6-12/h1-4,7,9H,5-6,12H2/t7-,9?/m0/s1. The summed E-state index contributed by atoms with van der Waals surface area (Å²) in [5.74, 6) is 0.816. The van der Waals surface area contributed by atoms with E-state index in [9.17, 15) is 4.39 Å². The maximum atomic E-state index is 13.1. The Bertz CT molecular complexity index is 285. The van der Waals surface area contributed by atoms with Crippen LogP contribution in [0.2, 0.25) is 0 Å². The Morgan fingerprint density at radius 3 is 2.75 bits per heavy atom. The molecule has 0 saturated heterocycles. The quantitative estimate of drug-likeness (QED) is 0.711. The molecular weight excluding hydrogens is 153 g/mol. The van der Waals surface area contributed by atoms with Gasteiger partial charge < -0.3 is 5.73 Å². The molecule has 0 aliphatic heterocycles. The van der Waals surface area contributed by atoms with E-state index < -0.39 is 0 Å². The molecule has 0 radical (unpaired) electrons. The topological polar surface area (TPSA) is 26.0 Å². The van der Waals surface area contributed by atoms with Crippen LogP contribution < -0.4 is 5.73 Å². The largest absolute Gasteiger partial charge is 0.330 e. The van der Waals surface area contributed by atoms with Gasteiger partial charge in [-0.3, -0.25) is 0 Å². The summed E-state index contributed by atoms with van der Waals surface area (Å²) < 4.78 is 13.1. The van der Waals surface area contributed by atoms with Gasteiger partial charge in [0.15, 0.2) is 0 Å². The molecule has 2 atom stereocenters. The maximum Gasteiger partial charge on any atom is 0.126 e. The van der Waals surface area contributed by atoms with Gasteiger partial charge in [-0.2, -0.15) is 0 Å². The molecule has 1 aliphatic carbocycles. The fraction of sp³-hybridized carbons (Fsp3) is 0.400. The molecule has 2 heteroatoms. The molecule has 0 amide bonds. The zero-order valence-corrected chi connectivity index (χ0v) is 6.83. The van der Waals surface area contributed by atoms with Crippen molar-refractivity contribution in [1.29, 1.82) is 0 Å². The van der Waals surface area contributed by atoms with E-state index in [1.165, 1.54) is 6.07 Å². The fourth-order valence-electron chi connectivity index (χ4n) is 1.66. The molecule has 12 heavy (non-hydrogen) atoms. The summed E-state index contributed by atoms with van der Waals surface area (Å²) in [4.78, 5) is 0. The van der Waals surface area contributed by atoms with Gasteiger partial charge in [0.1, 0.15) is 5.82 Å². The zero-order chi connectivity index (χ0) is 8.55. The van der Waals surface area contributed by atoms with Gasteiger partial charge in [0, 0.05) is 0 Å². The number of hydrogen-bond acceptors (Lipinski definition) is 1. The number of rotatable bonds is 2. The summed E-state index contributed by atoms with van der Waals surface area (Å²) in [6.45, 7) is 0.680. The third-order valence-electron chi connectivity index (χ3n) is 2.53. The first-order chi connectivity index (χ1) is 5.83. The first-order valence-electron chi connectivity index (χ1n) is 4.27. The third-order valence-corrected chi connectivity index (χ3v) is 2.53. The van der Waals surface area contributed by atoms with Crippen LogP contribution in [0.3, 0.4) is 0 Å². The summed E-state index contributed by atoms with van der Waals surface area (Å²) in [5.41, 5.74) is 6.33. The lowest BCUT2D eigenvalue weighted by Crippen LogP contribution is -2.02. The Labute approximate surface area is 71.4 Å². The van der Waals surface area contributed by atoms with Crippen LogP contribution in [0.5, 0.6) is 0 Å². The minimum atomic E-state index is -0.0848. The molecule has 1 fully saturated rings. The van der Waals surface area contributed by atoms with Crippen molar-refractivity contribution in [2.45, 2.75) is 12.3 Å². The molecular formula is C10H12FN. The molecule has 2 rings (SSSR count). The zero-order valence-electron chi connectivity index (χ0n) is 6.83. The van der Waals surface area contributed by atoms with Gasteiger partial charge in [-0.1, -0.05) is 18.2 Å². The second-order valence-electron chi connectivity index (χ2n) is 3.36. The number of nitrogens with two attached hydrogens (primary N) is 1. The first-order valence-corrected chi connectivity index (χ1v) is 4.27. The van der Waals surface area contributed by atoms with Gasteiger partial charge in [0.2, 0.25) is 0 Å². The second kappa shape index (κ2) is 2.87. The molecule has 1 aromatic rings. The predicted molar refractivity (Wildman–Crippen MR) is 46.3 cm³/mol. The van der Waals surface area contributed by atoms with Crippen molar-refractivity contribution in [3.05, 3.63) is 35.6 Å². The highest BCUT2D eigenvalue weighted by atomic mass is 19.1. The molecule has 0 heterocycles. The van der Waals surface area contributed by atoms with Crippen molar-refractivity contribution < 1.29 is 4.39 Å². The van der Waals surface area contributed by atoms with E-state index in [-0.39, 0.29) is 5.82 Å². The van der Waals surface area contributed by atoms with E-state index in [0.29, 0.717) is 18.4 Å². The van der Waals surface area contributed by atoms with Gasteiger partial charge in [0.25, 0.3) is 0 Å². The lowest BCUT2D eigenvalue weighted by Gasteiger charge is -1.99. The molecule has 0 aromatic heterocycles. The molecule has 1 unspecified atom stereocenters. The van der Waals surface area contributed by atoms with Crippen molar-refractivity contribution in [1.82, 2.24) is 0 Å². The van der Waals surface area contributed by atoms with E-state index >= 15 is 0 Å². The molecule has 2 N–H and O–H groups in total. The van der Waals surface area contributed by atoms with Gasteiger partial charge >= 0.3 is 0 Å². The summed E-state index contributed by atoms with van der Waals surface area (Å²) in [5, 5.41) is 0.